The van der Waals surface area contributed by atoms with Gasteiger partial charge in [0.05, 0.1) is 0 Å². The van der Waals surface area contributed by atoms with E-state index in [1.54, 1.807) is 13.0 Å². The van der Waals surface area contributed by atoms with Crippen LogP contribution in [0.4, 0.5) is 5.13 Å². The summed E-state index contributed by atoms with van der Waals surface area (Å²) in [6.45, 7) is 1.74. The van der Waals surface area contributed by atoms with Crippen LogP contribution in [-0.2, 0) is 4.79 Å². The molecular weight excluding hydrogens is 292 g/mol. The molecule has 7 nitrogen and oxygen atoms in total. The predicted octanol–water partition coefficient (Wildman–Crippen LogP) is 1.80. The Hall–Kier alpha value is -2.92. The molecule has 0 saturated heterocycles. The molecule has 21 heavy (non-hydrogen) atoms. The number of amides is 1. The van der Waals surface area contributed by atoms with Crippen LogP contribution in [0.5, 0.6) is 11.5 Å². The number of phenolic OH excluding ortho intramolecular Hbond substituents is 2. The van der Waals surface area contributed by atoms with Crippen molar-refractivity contribution >= 4 is 28.5 Å². The van der Waals surface area contributed by atoms with Crippen LogP contribution in [0, 0.1) is 18.3 Å². The molecule has 1 aromatic heterocycles. The van der Waals surface area contributed by atoms with E-state index in [0.29, 0.717) is 15.7 Å². The van der Waals surface area contributed by atoms with Gasteiger partial charge in [0.2, 0.25) is 5.13 Å². The molecule has 3 N–H and O–H groups in total. The third-order valence-corrected chi connectivity index (χ3v) is 3.18. The van der Waals surface area contributed by atoms with Crippen molar-refractivity contribution in [3.8, 4) is 17.6 Å². The van der Waals surface area contributed by atoms with E-state index in [4.69, 9.17) is 5.26 Å². The van der Waals surface area contributed by atoms with Crippen LogP contribution >= 0.6 is 11.3 Å². The molecule has 0 aliphatic carbocycles. The predicted molar refractivity (Wildman–Crippen MR) is 76.6 cm³/mol. The fourth-order valence-corrected chi connectivity index (χ4v) is 2.04. The molecule has 0 radical (unpaired) electrons. The van der Waals surface area contributed by atoms with Crippen LogP contribution in [-0.4, -0.2) is 26.3 Å². The van der Waals surface area contributed by atoms with Crippen LogP contribution in [0.1, 0.15) is 10.6 Å². The number of nitrogens with one attached hydrogen (secondary N) is 1. The quantitative estimate of drug-likeness (QED) is 0.452. The van der Waals surface area contributed by atoms with E-state index in [1.165, 1.54) is 35.6 Å². The number of aryl methyl sites for hydroxylation is 1. The van der Waals surface area contributed by atoms with Gasteiger partial charge in [0.15, 0.2) is 11.5 Å². The lowest BCUT2D eigenvalue weighted by atomic mass is 10.1. The Morgan fingerprint density at radius 3 is 2.71 bits per heavy atom. The van der Waals surface area contributed by atoms with Gasteiger partial charge in [0, 0.05) is 0 Å². The third-order valence-electron chi connectivity index (χ3n) is 2.42. The van der Waals surface area contributed by atoms with E-state index in [9.17, 15) is 15.0 Å². The summed E-state index contributed by atoms with van der Waals surface area (Å²) in [7, 11) is 0. The number of hydrogen-bond donors (Lipinski definition) is 3. The number of phenols is 2. The van der Waals surface area contributed by atoms with Crippen LogP contribution < -0.4 is 5.32 Å². The fraction of sp³-hybridized carbons (Fsp3) is 0.0769. The molecule has 2 aromatic rings. The first-order valence-electron chi connectivity index (χ1n) is 5.75. The first kappa shape index (κ1) is 14.5. The zero-order chi connectivity index (χ0) is 15.4. The second-order valence-corrected chi connectivity index (χ2v) is 5.18. The molecular formula is C13H10N4O3S. The maximum atomic E-state index is 11.9. The molecule has 8 heteroatoms. The Balaban J connectivity index is 2.22. The van der Waals surface area contributed by atoms with Crippen LogP contribution in [0.25, 0.3) is 6.08 Å². The Kier molecular flexibility index (Phi) is 4.15. The molecule has 2 rings (SSSR count). The van der Waals surface area contributed by atoms with Crippen molar-refractivity contribution < 1.29 is 15.0 Å². The van der Waals surface area contributed by atoms with Gasteiger partial charge in [-0.05, 0) is 30.7 Å². The van der Waals surface area contributed by atoms with Crippen molar-refractivity contribution in [3.63, 3.8) is 0 Å². The van der Waals surface area contributed by atoms with E-state index in [2.05, 4.69) is 15.5 Å². The summed E-state index contributed by atoms with van der Waals surface area (Å²) in [6.07, 6.45) is 1.29. The van der Waals surface area contributed by atoms with E-state index in [1.807, 2.05) is 0 Å². The average Bonchev–Trinajstić information content (AvgIpc) is 2.85. The number of aromatic hydroxyl groups is 2. The lowest BCUT2D eigenvalue weighted by Gasteiger charge is -2.01. The number of carbonyl (C=O) groups excluding carboxylic acids is 1. The monoisotopic (exact) mass is 302 g/mol. The summed E-state index contributed by atoms with van der Waals surface area (Å²) in [5.41, 5.74) is 0.249. The number of nitrogens with zero attached hydrogens (tertiary/aromatic N) is 3. The topological polar surface area (TPSA) is 119 Å². The molecule has 0 spiro atoms. The summed E-state index contributed by atoms with van der Waals surface area (Å²) in [6, 6.07) is 5.75. The maximum Gasteiger partial charge on any atom is 0.268 e. The van der Waals surface area contributed by atoms with Crippen molar-refractivity contribution in [2.45, 2.75) is 6.92 Å². The lowest BCUT2D eigenvalue weighted by Crippen LogP contribution is -2.13. The number of nitriles is 1. The highest BCUT2D eigenvalue weighted by atomic mass is 32.1. The van der Waals surface area contributed by atoms with E-state index < -0.39 is 5.91 Å². The summed E-state index contributed by atoms with van der Waals surface area (Å²) in [5.74, 6) is -1.23. The minimum absolute atomic E-state index is 0.159. The highest BCUT2D eigenvalue weighted by Gasteiger charge is 2.12. The van der Waals surface area contributed by atoms with Crippen molar-refractivity contribution in [3.05, 3.63) is 34.3 Å². The molecule has 0 fully saturated rings. The number of carbonyl (C=O) groups is 1. The van der Waals surface area contributed by atoms with Gasteiger partial charge in [0.25, 0.3) is 5.91 Å². The summed E-state index contributed by atoms with van der Waals surface area (Å²) < 4.78 is 0. The third kappa shape index (κ3) is 3.55. The highest BCUT2D eigenvalue weighted by Crippen LogP contribution is 2.26. The van der Waals surface area contributed by atoms with Crippen molar-refractivity contribution in [1.29, 1.82) is 5.26 Å². The van der Waals surface area contributed by atoms with Gasteiger partial charge in [-0.2, -0.15) is 5.26 Å². The molecule has 0 aliphatic heterocycles. The lowest BCUT2D eigenvalue weighted by molar-refractivity contribution is -0.112. The maximum absolute atomic E-state index is 11.9. The Morgan fingerprint density at radius 1 is 1.38 bits per heavy atom. The summed E-state index contributed by atoms with van der Waals surface area (Å²) in [4.78, 5) is 11.9. The van der Waals surface area contributed by atoms with Gasteiger partial charge in [-0.25, -0.2) is 0 Å². The normalized spacial score (nSPS) is 11.0. The first-order valence-corrected chi connectivity index (χ1v) is 6.56. The molecule has 0 atom stereocenters. The van der Waals surface area contributed by atoms with Crippen LogP contribution in [0.15, 0.2) is 23.8 Å². The number of anilines is 1. The summed E-state index contributed by atoms with van der Waals surface area (Å²) in [5, 5.41) is 38.6. The van der Waals surface area contributed by atoms with Gasteiger partial charge in [-0.15, -0.1) is 10.2 Å². The molecule has 0 unspecified atom stereocenters. The number of aromatic nitrogens is 2. The van der Waals surface area contributed by atoms with Crippen molar-refractivity contribution in [2.24, 2.45) is 0 Å². The zero-order valence-corrected chi connectivity index (χ0v) is 11.7. The fourth-order valence-electron chi connectivity index (χ4n) is 1.46. The van der Waals surface area contributed by atoms with Gasteiger partial charge in [-0.1, -0.05) is 17.4 Å². The van der Waals surface area contributed by atoms with Crippen LogP contribution in [0.3, 0.4) is 0 Å². The number of hydrogen-bond acceptors (Lipinski definition) is 7. The standard InChI is InChI=1S/C13H10N4O3S/c1-7-16-17-13(21-7)15-12(20)9(6-14)4-8-2-3-10(18)11(19)5-8/h2-5,18-19H,1H3,(H,15,17,20)/b9-4+. The second kappa shape index (κ2) is 6.02. The SMILES string of the molecule is Cc1nnc(NC(=O)/C(C#N)=C/c2ccc(O)c(O)c2)s1. The van der Waals surface area contributed by atoms with Crippen molar-refractivity contribution in [1.82, 2.24) is 10.2 Å². The first-order chi connectivity index (χ1) is 9.99. The molecule has 0 bridgehead atoms. The molecule has 0 aliphatic rings. The molecule has 106 valence electrons. The second-order valence-electron chi connectivity index (χ2n) is 4.00. The molecule has 1 heterocycles. The van der Waals surface area contributed by atoms with Gasteiger partial charge < -0.3 is 10.2 Å². The van der Waals surface area contributed by atoms with E-state index in [0.717, 1.165) is 0 Å². The Morgan fingerprint density at radius 2 is 2.14 bits per heavy atom. The molecule has 1 amide bonds. The van der Waals surface area contributed by atoms with Crippen LogP contribution in [0.2, 0.25) is 0 Å². The van der Waals surface area contributed by atoms with Gasteiger partial charge in [-0.3, -0.25) is 10.1 Å². The van der Waals surface area contributed by atoms with Gasteiger partial charge in [0.1, 0.15) is 16.6 Å². The minimum atomic E-state index is -0.624. The highest BCUT2D eigenvalue weighted by molar-refractivity contribution is 7.15. The Labute approximate surface area is 123 Å². The van der Waals surface area contributed by atoms with Crippen molar-refractivity contribution in [2.75, 3.05) is 5.32 Å². The largest absolute Gasteiger partial charge is 0.504 e. The van der Waals surface area contributed by atoms with Gasteiger partial charge >= 0.3 is 0 Å². The summed E-state index contributed by atoms with van der Waals surface area (Å²) >= 11 is 1.19. The Bertz CT molecular complexity index is 761. The smallest absolute Gasteiger partial charge is 0.268 e. The zero-order valence-electron chi connectivity index (χ0n) is 10.9. The number of benzene rings is 1. The average molecular weight is 302 g/mol. The minimum Gasteiger partial charge on any atom is -0.504 e. The molecule has 1 aromatic carbocycles. The van der Waals surface area contributed by atoms with E-state index >= 15 is 0 Å². The molecule has 0 saturated carbocycles. The van der Waals surface area contributed by atoms with E-state index in [-0.39, 0.29) is 17.1 Å². The number of rotatable bonds is 3.